The number of carbonyl (C=O) groups excluding carboxylic acids is 2. The molecule has 1 aliphatic rings. The molecule has 0 radical (unpaired) electrons. The number of benzene rings is 3. The summed E-state index contributed by atoms with van der Waals surface area (Å²) in [5.74, 6) is 1.05. The standard InChI is InChI=1S/C26H26ClN3O4/c1-33-21-10-4-18(5-11-21)17-29-14-3-15-30(26(29)32)24-13-12-22(34-2)16-23(24)28-25(31)19-6-8-20(27)9-7-19/h4-13,16H,3,14-15,17H2,1-2H3,(H,28,31). The lowest BCUT2D eigenvalue weighted by Gasteiger charge is -2.36. The number of hydrogen-bond acceptors (Lipinski definition) is 4. The van der Waals surface area contributed by atoms with Gasteiger partial charge in [-0.05, 0) is 60.5 Å². The largest absolute Gasteiger partial charge is 0.497 e. The molecule has 0 saturated carbocycles. The molecule has 0 aliphatic carbocycles. The van der Waals surface area contributed by atoms with Crippen LogP contribution in [0.5, 0.6) is 11.5 Å². The maximum absolute atomic E-state index is 13.4. The molecule has 34 heavy (non-hydrogen) atoms. The van der Waals surface area contributed by atoms with Gasteiger partial charge < -0.3 is 19.7 Å². The van der Waals surface area contributed by atoms with E-state index < -0.39 is 0 Å². The highest BCUT2D eigenvalue weighted by molar-refractivity contribution is 6.30. The summed E-state index contributed by atoms with van der Waals surface area (Å²) < 4.78 is 10.6. The molecule has 3 amide bonds. The lowest BCUT2D eigenvalue weighted by molar-refractivity contribution is 0.102. The quantitative estimate of drug-likeness (QED) is 0.489. The molecule has 1 saturated heterocycles. The van der Waals surface area contributed by atoms with Gasteiger partial charge in [0.2, 0.25) is 0 Å². The Morgan fingerprint density at radius 2 is 1.62 bits per heavy atom. The Bertz CT molecular complexity index is 1170. The van der Waals surface area contributed by atoms with Crippen molar-refractivity contribution in [3.63, 3.8) is 0 Å². The third-order valence-electron chi connectivity index (χ3n) is 5.69. The molecule has 1 heterocycles. The van der Waals surface area contributed by atoms with Gasteiger partial charge in [0.05, 0.1) is 25.6 Å². The van der Waals surface area contributed by atoms with Crippen molar-refractivity contribution in [1.29, 1.82) is 0 Å². The predicted molar refractivity (Wildman–Crippen MR) is 133 cm³/mol. The topological polar surface area (TPSA) is 71.1 Å². The van der Waals surface area contributed by atoms with E-state index in [0.717, 1.165) is 17.7 Å². The third-order valence-corrected chi connectivity index (χ3v) is 5.94. The van der Waals surface area contributed by atoms with Crippen molar-refractivity contribution in [3.8, 4) is 11.5 Å². The van der Waals surface area contributed by atoms with Crippen LogP contribution in [0.25, 0.3) is 0 Å². The van der Waals surface area contributed by atoms with Gasteiger partial charge in [0, 0.05) is 36.3 Å². The van der Waals surface area contributed by atoms with E-state index in [1.807, 2.05) is 24.3 Å². The van der Waals surface area contributed by atoms with Crippen molar-refractivity contribution >= 4 is 34.9 Å². The van der Waals surface area contributed by atoms with Crippen molar-refractivity contribution in [2.75, 3.05) is 37.5 Å². The first-order valence-corrected chi connectivity index (χ1v) is 11.3. The molecule has 7 nitrogen and oxygen atoms in total. The van der Waals surface area contributed by atoms with Crippen LogP contribution in [0, 0.1) is 0 Å². The zero-order chi connectivity index (χ0) is 24.1. The number of amides is 3. The number of rotatable bonds is 7. The zero-order valence-electron chi connectivity index (χ0n) is 19.1. The van der Waals surface area contributed by atoms with Crippen molar-refractivity contribution in [2.24, 2.45) is 0 Å². The van der Waals surface area contributed by atoms with Crippen LogP contribution in [0.3, 0.4) is 0 Å². The maximum atomic E-state index is 13.4. The van der Waals surface area contributed by atoms with Gasteiger partial charge in [-0.25, -0.2) is 4.79 Å². The summed E-state index contributed by atoms with van der Waals surface area (Å²) in [6.45, 7) is 1.69. The number of carbonyl (C=O) groups is 2. The first kappa shape index (κ1) is 23.4. The van der Waals surface area contributed by atoms with E-state index in [9.17, 15) is 9.59 Å². The monoisotopic (exact) mass is 479 g/mol. The normalized spacial score (nSPS) is 13.6. The molecule has 0 spiro atoms. The minimum absolute atomic E-state index is 0.116. The first-order chi connectivity index (χ1) is 16.5. The SMILES string of the molecule is COc1ccc(CN2CCCN(c3ccc(OC)cc3NC(=O)c3ccc(Cl)cc3)C2=O)cc1. The van der Waals surface area contributed by atoms with Gasteiger partial charge in [-0.15, -0.1) is 0 Å². The second-order valence-corrected chi connectivity index (χ2v) is 8.34. The molecular weight excluding hydrogens is 454 g/mol. The molecule has 176 valence electrons. The van der Waals surface area contributed by atoms with E-state index in [0.29, 0.717) is 47.3 Å². The highest BCUT2D eigenvalue weighted by atomic mass is 35.5. The molecule has 0 aromatic heterocycles. The molecule has 0 bridgehead atoms. The van der Waals surface area contributed by atoms with Gasteiger partial charge in [0.15, 0.2) is 0 Å². The predicted octanol–water partition coefficient (Wildman–Crippen LogP) is 5.44. The van der Waals surface area contributed by atoms with Crippen LogP contribution in [-0.4, -0.2) is 44.1 Å². The zero-order valence-corrected chi connectivity index (χ0v) is 19.8. The fraction of sp³-hybridized carbons (Fsp3) is 0.231. The second-order valence-electron chi connectivity index (χ2n) is 7.90. The van der Waals surface area contributed by atoms with Crippen LogP contribution >= 0.6 is 11.6 Å². The number of methoxy groups -OCH3 is 2. The summed E-state index contributed by atoms with van der Waals surface area (Å²) in [7, 11) is 3.18. The average Bonchev–Trinajstić information content (AvgIpc) is 2.86. The Balaban J connectivity index is 1.57. The van der Waals surface area contributed by atoms with Gasteiger partial charge >= 0.3 is 6.03 Å². The van der Waals surface area contributed by atoms with E-state index in [-0.39, 0.29) is 11.9 Å². The molecule has 4 rings (SSSR count). The first-order valence-electron chi connectivity index (χ1n) is 10.9. The number of ether oxygens (including phenoxy) is 2. The van der Waals surface area contributed by atoms with Gasteiger partial charge in [0.1, 0.15) is 11.5 Å². The molecule has 0 atom stereocenters. The number of halogens is 1. The van der Waals surface area contributed by atoms with Crippen molar-refractivity contribution in [1.82, 2.24) is 4.90 Å². The Morgan fingerprint density at radius 1 is 0.941 bits per heavy atom. The highest BCUT2D eigenvalue weighted by Gasteiger charge is 2.29. The molecule has 3 aromatic carbocycles. The minimum atomic E-state index is -0.300. The Labute approximate surface area is 203 Å². The van der Waals surface area contributed by atoms with Gasteiger partial charge in [-0.1, -0.05) is 23.7 Å². The fourth-order valence-electron chi connectivity index (χ4n) is 3.88. The van der Waals surface area contributed by atoms with Crippen LogP contribution in [0.2, 0.25) is 5.02 Å². The van der Waals surface area contributed by atoms with E-state index in [4.69, 9.17) is 21.1 Å². The molecule has 8 heteroatoms. The number of hydrogen-bond donors (Lipinski definition) is 1. The number of anilines is 2. The minimum Gasteiger partial charge on any atom is -0.497 e. The molecule has 3 aromatic rings. The van der Waals surface area contributed by atoms with Crippen LogP contribution < -0.4 is 19.7 Å². The van der Waals surface area contributed by atoms with Crippen molar-refractivity contribution in [2.45, 2.75) is 13.0 Å². The summed E-state index contributed by atoms with van der Waals surface area (Å²) in [6, 6.07) is 19.5. The van der Waals surface area contributed by atoms with Crippen LogP contribution in [0.1, 0.15) is 22.3 Å². The lowest BCUT2D eigenvalue weighted by atomic mass is 10.1. The van der Waals surface area contributed by atoms with Crippen molar-refractivity contribution in [3.05, 3.63) is 82.9 Å². The summed E-state index contributed by atoms with van der Waals surface area (Å²) in [6.07, 6.45) is 0.804. The highest BCUT2D eigenvalue weighted by Crippen LogP contribution is 2.33. The van der Waals surface area contributed by atoms with E-state index in [1.54, 1.807) is 66.5 Å². The van der Waals surface area contributed by atoms with Crippen LogP contribution in [0.15, 0.2) is 66.7 Å². The average molecular weight is 480 g/mol. The van der Waals surface area contributed by atoms with E-state index >= 15 is 0 Å². The van der Waals surface area contributed by atoms with E-state index in [1.165, 1.54) is 0 Å². The van der Waals surface area contributed by atoms with Gasteiger partial charge in [-0.3, -0.25) is 9.69 Å². The smallest absolute Gasteiger partial charge is 0.324 e. The Hall–Kier alpha value is -3.71. The fourth-order valence-corrected chi connectivity index (χ4v) is 4.00. The molecule has 1 N–H and O–H groups in total. The summed E-state index contributed by atoms with van der Waals surface area (Å²) in [5.41, 5.74) is 2.60. The molecular formula is C26H26ClN3O4. The number of nitrogens with zero attached hydrogens (tertiary/aromatic N) is 2. The van der Waals surface area contributed by atoms with E-state index in [2.05, 4.69) is 5.32 Å². The number of urea groups is 1. The van der Waals surface area contributed by atoms with Gasteiger partial charge in [0.25, 0.3) is 5.91 Å². The van der Waals surface area contributed by atoms with Crippen LogP contribution in [0.4, 0.5) is 16.2 Å². The van der Waals surface area contributed by atoms with Gasteiger partial charge in [-0.2, -0.15) is 0 Å². The lowest BCUT2D eigenvalue weighted by Crippen LogP contribution is -2.49. The summed E-state index contributed by atoms with van der Waals surface area (Å²) >= 11 is 5.94. The Kier molecular flexibility index (Phi) is 7.23. The number of nitrogens with one attached hydrogen (secondary N) is 1. The molecule has 1 aliphatic heterocycles. The summed E-state index contributed by atoms with van der Waals surface area (Å²) in [4.78, 5) is 29.8. The van der Waals surface area contributed by atoms with Crippen LogP contribution in [-0.2, 0) is 6.54 Å². The second kappa shape index (κ2) is 10.5. The third kappa shape index (κ3) is 5.26. The maximum Gasteiger partial charge on any atom is 0.324 e. The summed E-state index contributed by atoms with van der Waals surface area (Å²) in [5, 5.41) is 3.48. The molecule has 0 unspecified atom stereocenters. The molecule has 1 fully saturated rings. The Morgan fingerprint density at radius 3 is 2.29 bits per heavy atom. The van der Waals surface area contributed by atoms with Crippen molar-refractivity contribution < 1.29 is 19.1 Å².